The number of nitrogens with zero attached hydrogens (tertiary/aromatic N) is 3. The summed E-state index contributed by atoms with van der Waals surface area (Å²) in [6.45, 7) is 6.74. The maximum Gasteiger partial charge on any atom is 0.319 e. The van der Waals surface area contributed by atoms with Crippen molar-refractivity contribution in [3.63, 3.8) is 0 Å². The third-order valence-corrected chi connectivity index (χ3v) is 3.41. The number of aromatic nitrogens is 1. The second kappa shape index (κ2) is 7.09. The molecule has 2 rings (SSSR count). The minimum atomic E-state index is -0.176. The average molecular weight is 278 g/mol. The van der Waals surface area contributed by atoms with Crippen LogP contribution in [0, 0.1) is 0 Å². The molecule has 20 heavy (non-hydrogen) atoms. The highest BCUT2D eigenvalue weighted by Gasteiger charge is 2.21. The van der Waals surface area contributed by atoms with Gasteiger partial charge in [0, 0.05) is 38.9 Å². The van der Waals surface area contributed by atoms with Gasteiger partial charge in [0.1, 0.15) is 0 Å². The van der Waals surface area contributed by atoms with Crippen molar-refractivity contribution in [2.45, 2.75) is 6.92 Å². The molecular formula is C14H22N4O2. The summed E-state index contributed by atoms with van der Waals surface area (Å²) in [6, 6.07) is 3.99. The predicted molar refractivity (Wildman–Crippen MR) is 79.1 cm³/mol. The molecule has 1 aromatic rings. The quantitative estimate of drug-likeness (QED) is 0.804. The second-order valence-electron chi connectivity index (χ2n) is 4.74. The summed E-state index contributed by atoms with van der Waals surface area (Å²) in [5, 5.41) is 3.33. The molecule has 6 heteroatoms. The first-order valence-corrected chi connectivity index (χ1v) is 6.97. The summed E-state index contributed by atoms with van der Waals surface area (Å²) in [6.07, 6.45) is 1.82. The standard InChI is InChI=1S/C14H22N4O2/c1-3-15-12-5-4-6-16-14(12)18-9-7-17(8-10-18)11-13(19)20-2/h4-6,15H,3,7-11H2,1-2H3. The highest BCUT2D eigenvalue weighted by Crippen LogP contribution is 2.23. The number of ether oxygens (including phenoxy) is 1. The number of pyridine rings is 1. The van der Waals surface area contributed by atoms with Crippen molar-refractivity contribution in [1.82, 2.24) is 9.88 Å². The van der Waals surface area contributed by atoms with E-state index in [1.54, 1.807) is 0 Å². The van der Waals surface area contributed by atoms with Crippen LogP contribution in [0.25, 0.3) is 0 Å². The summed E-state index contributed by atoms with van der Waals surface area (Å²) in [7, 11) is 1.43. The zero-order chi connectivity index (χ0) is 14.4. The Hall–Kier alpha value is -1.82. The van der Waals surface area contributed by atoms with E-state index in [-0.39, 0.29) is 5.97 Å². The highest BCUT2D eigenvalue weighted by molar-refractivity contribution is 5.71. The maximum absolute atomic E-state index is 11.3. The molecule has 1 N–H and O–H groups in total. The molecule has 0 aromatic carbocycles. The minimum absolute atomic E-state index is 0.176. The SMILES string of the molecule is CCNc1cccnc1N1CCN(CC(=O)OC)CC1. The first-order valence-electron chi connectivity index (χ1n) is 6.97. The molecule has 1 fully saturated rings. The Morgan fingerprint density at radius 3 is 2.80 bits per heavy atom. The molecule has 1 saturated heterocycles. The van der Waals surface area contributed by atoms with Gasteiger partial charge < -0.3 is 15.0 Å². The lowest BCUT2D eigenvalue weighted by atomic mass is 10.2. The van der Waals surface area contributed by atoms with E-state index < -0.39 is 0 Å². The Kier molecular flexibility index (Phi) is 5.17. The fourth-order valence-corrected chi connectivity index (χ4v) is 2.34. The van der Waals surface area contributed by atoms with Crippen LogP contribution in [-0.2, 0) is 9.53 Å². The highest BCUT2D eigenvalue weighted by atomic mass is 16.5. The summed E-state index contributed by atoms with van der Waals surface area (Å²) in [4.78, 5) is 20.1. The minimum Gasteiger partial charge on any atom is -0.468 e. The van der Waals surface area contributed by atoms with Crippen LogP contribution in [-0.4, -0.2) is 62.2 Å². The van der Waals surface area contributed by atoms with E-state index in [2.05, 4.69) is 27.0 Å². The molecule has 0 bridgehead atoms. The van der Waals surface area contributed by atoms with Gasteiger partial charge >= 0.3 is 5.97 Å². The zero-order valence-electron chi connectivity index (χ0n) is 12.1. The molecule has 0 saturated carbocycles. The van der Waals surface area contributed by atoms with Crippen LogP contribution in [0.4, 0.5) is 11.5 Å². The molecule has 0 atom stereocenters. The molecule has 110 valence electrons. The number of piperazine rings is 1. The number of carbonyl (C=O) groups is 1. The normalized spacial score (nSPS) is 16.0. The van der Waals surface area contributed by atoms with E-state index in [4.69, 9.17) is 4.74 Å². The fraction of sp³-hybridized carbons (Fsp3) is 0.571. The number of esters is 1. The van der Waals surface area contributed by atoms with E-state index >= 15 is 0 Å². The Labute approximate surface area is 119 Å². The van der Waals surface area contributed by atoms with Gasteiger partial charge in [-0.25, -0.2) is 4.98 Å². The van der Waals surface area contributed by atoms with Crippen LogP contribution in [0.15, 0.2) is 18.3 Å². The summed E-state index contributed by atoms with van der Waals surface area (Å²) >= 11 is 0. The molecule has 0 spiro atoms. The van der Waals surface area contributed by atoms with Crippen LogP contribution in [0.5, 0.6) is 0 Å². The lowest BCUT2D eigenvalue weighted by molar-refractivity contribution is -0.142. The van der Waals surface area contributed by atoms with E-state index in [0.29, 0.717) is 6.54 Å². The van der Waals surface area contributed by atoms with E-state index in [0.717, 1.165) is 44.2 Å². The summed E-state index contributed by atoms with van der Waals surface area (Å²) < 4.78 is 4.70. The van der Waals surface area contributed by atoms with Crippen molar-refractivity contribution < 1.29 is 9.53 Å². The average Bonchev–Trinajstić information content (AvgIpc) is 2.49. The number of hydrogen-bond donors (Lipinski definition) is 1. The molecule has 1 aromatic heterocycles. The van der Waals surface area contributed by atoms with Crippen LogP contribution in [0.1, 0.15) is 6.92 Å². The van der Waals surface area contributed by atoms with Crippen LogP contribution >= 0.6 is 0 Å². The van der Waals surface area contributed by atoms with E-state index in [9.17, 15) is 4.79 Å². The first-order chi connectivity index (χ1) is 9.74. The first kappa shape index (κ1) is 14.6. The number of anilines is 2. The second-order valence-corrected chi connectivity index (χ2v) is 4.74. The number of carbonyl (C=O) groups excluding carboxylic acids is 1. The smallest absolute Gasteiger partial charge is 0.319 e. The van der Waals surface area contributed by atoms with Gasteiger partial charge in [-0.3, -0.25) is 9.69 Å². The van der Waals surface area contributed by atoms with Crippen molar-refractivity contribution in [2.75, 3.05) is 56.6 Å². The van der Waals surface area contributed by atoms with Crippen LogP contribution in [0.2, 0.25) is 0 Å². The van der Waals surface area contributed by atoms with Crippen LogP contribution in [0.3, 0.4) is 0 Å². The number of methoxy groups -OCH3 is 1. The third-order valence-electron chi connectivity index (χ3n) is 3.41. The Bertz CT molecular complexity index is 445. The molecule has 2 heterocycles. The Balaban J connectivity index is 1.95. The van der Waals surface area contributed by atoms with Gasteiger partial charge in [0.05, 0.1) is 19.3 Å². The van der Waals surface area contributed by atoms with E-state index in [1.807, 2.05) is 18.3 Å². The summed E-state index contributed by atoms with van der Waals surface area (Å²) in [5.41, 5.74) is 1.07. The van der Waals surface area contributed by atoms with Gasteiger partial charge in [0.15, 0.2) is 5.82 Å². The lowest BCUT2D eigenvalue weighted by Crippen LogP contribution is -2.48. The molecule has 1 aliphatic heterocycles. The number of hydrogen-bond acceptors (Lipinski definition) is 6. The predicted octanol–water partition coefficient (Wildman–Crippen LogP) is 0.808. The fourth-order valence-electron chi connectivity index (χ4n) is 2.34. The monoisotopic (exact) mass is 278 g/mol. The molecule has 0 unspecified atom stereocenters. The Morgan fingerprint density at radius 2 is 2.15 bits per heavy atom. The number of rotatable bonds is 5. The van der Waals surface area contributed by atoms with Crippen molar-refractivity contribution in [2.24, 2.45) is 0 Å². The van der Waals surface area contributed by atoms with Crippen molar-refractivity contribution in [3.8, 4) is 0 Å². The Morgan fingerprint density at radius 1 is 1.40 bits per heavy atom. The largest absolute Gasteiger partial charge is 0.468 e. The topological polar surface area (TPSA) is 57.7 Å². The molecule has 0 aliphatic carbocycles. The molecule has 0 amide bonds. The van der Waals surface area contributed by atoms with E-state index in [1.165, 1.54) is 7.11 Å². The lowest BCUT2D eigenvalue weighted by Gasteiger charge is -2.35. The van der Waals surface area contributed by atoms with Gasteiger partial charge in [0.25, 0.3) is 0 Å². The zero-order valence-corrected chi connectivity index (χ0v) is 12.1. The molecule has 1 aliphatic rings. The maximum atomic E-state index is 11.3. The summed E-state index contributed by atoms with van der Waals surface area (Å²) in [5.74, 6) is 0.816. The van der Waals surface area contributed by atoms with Crippen molar-refractivity contribution in [3.05, 3.63) is 18.3 Å². The van der Waals surface area contributed by atoms with Gasteiger partial charge in [-0.1, -0.05) is 0 Å². The van der Waals surface area contributed by atoms with Gasteiger partial charge in [-0.05, 0) is 19.1 Å². The van der Waals surface area contributed by atoms with Gasteiger partial charge in [-0.15, -0.1) is 0 Å². The van der Waals surface area contributed by atoms with Crippen molar-refractivity contribution in [1.29, 1.82) is 0 Å². The van der Waals surface area contributed by atoms with Crippen molar-refractivity contribution >= 4 is 17.5 Å². The van der Waals surface area contributed by atoms with Gasteiger partial charge in [0.2, 0.25) is 0 Å². The van der Waals surface area contributed by atoms with Crippen LogP contribution < -0.4 is 10.2 Å². The van der Waals surface area contributed by atoms with Gasteiger partial charge in [-0.2, -0.15) is 0 Å². The number of nitrogens with one attached hydrogen (secondary N) is 1. The molecule has 0 radical (unpaired) electrons. The molecular weight excluding hydrogens is 256 g/mol. The third kappa shape index (κ3) is 3.60. The molecule has 6 nitrogen and oxygen atoms in total.